The maximum atomic E-state index is 8.98. The summed E-state index contributed by atoms with van der Waals surface area (Å²) in [6.45, 7) is 0.159. The van der Waals surface area contributed by atoms with Crippen LogP contribution in [0, 0.1) is 0 Å². The second-order valence-corrected chi connectivity index (χ2v) is 5.61. The van der Waals surface area contributed by atoms with Gasteiger partial charge in [-0.1, -0.05) is 6.07 Å². The Morgan fingerprint density at radius 1 is 1.28 bits per heavy atom. The number of aliphatic hydroxyl groups excluding tert-OH is 1. The zero-order chi connectivity index (χ0) is 12.8. The van der Waals surface area contributed by atoms with Gasteiger partial charge in [0, 0.05) is 6.61 Å². The van der Waals surface area contributed by atoms with Gasteiger partial charge in [0.2, 0.25) is 0 Å². The molecule has 0 saturated carbocycles. The van der Waals surface area contributed by atoms with Crippen molar-refractivity contribution in [1.29, 1.82) is 0 Å². The molecule has 0 bridgehead atoms. The van der Waals surface area contributed by atoms with Crippen LogP contribution in [0.15, 0.2) is 18.2 Å². The van der Waals surface area contributed by atoms with Crippen molar-refractivity contribution in [3.8, 4) is 11.5 Å². The molecule has 18 heavy (non-hydrogen) atoms. The first kappa shape index (κ1) is 13.6. The van der Waals surface area contributed by atoms with E-state index in [4.69, 9.17) is 14.6 Å². The van der Waals surface area contributed by atoms with Crippen molar-refractivity contribution in [3.05, 3.63) is 23.8 Å². The van der Waals surface area contributed by atoms with E-state index in [2.05, 4.69) is 0 Å². The number of methoxy groups -OCH3 is 1. The molecule has 1 aliphatic heterocycles. The molecule has 1 heterocycles. The van der Waals surface area contributed by atoms with E-state index in [9.17, 15) is 0 Å². The quantitative estimate of drug-likeness (QED) is 0.890. The average molecular weight is 268 g/mol. The van der Waals surface area contributed by atoms with Crippen LogP contribution in [0.3, 0.4) is 0 Å². The molecule has 0 amide bonds. The first-order chi connectivity index (χ1) is 8.83. The fourth-order valence-electron chi connectivity index (χ4n) is 2.07. The van der Waals surface area contributed by atoms with E-state index in [0.29, 0.717) is 12.5 Å². The molecule has 1 aromatic carbocycles. The predicted octanol–water partition coefficient (Wildman–Crippen LogP) is 2.50. The highest BCUT2D eigenvalue weighted by atomic mass is 32.2. The minimum atomic E-state index is 0.159. The smallest absolute Gasteiger partial charge is 0.161 e. The lowest BCUT2D eigenvalue weighted by Gasteiger charge is -2.24. The number of benzene rings is 1. The van der Waals surface area contributed by atoms with Gasteiger partial charge < -0.3 is 14.6 Å². The van der Waals surface area contributed by atoms with Gasteiger partial charge in [0.15, 0.2) is 11.5 Å². The lowest BCUT2D eigenvalue weighted by atomic mass is 10.1. The summed E-state index contributed by atoms with van der Waals surface area (Å²) in [6, 6.07) is 5.87. The van der Waals surface area contributed by atoms with Crippen molar-refractivity contribution in [2.24, 2.45) is 0 Å². The van der Waals surface area contributed by atoms with Crippen LogP contribution in [0.2, 0.25) is 0 Å². The molecule has 2 rings (SSSR count). The maximum absolute atomic E-state index is 8.98. The van der Waals surface area contributed by atoms with Gasteiger partial charge in [-0.25, -0.2) is 0 Å². The highest BCUT2D eigenvalue weighted by molar-refractivity contribution is 7.99. The molecule has 3 nitrogen and oxygen atoms in total. The minimum Gasteiger partial charge on any atom is -0.493 e. The molecule has 1 aromatic rings. The lowest BCUT2D eigenvalue weighted by Crippen LogP contribution is -2.22. The van der Waals surface area contributed by atoms with E-state index < -0.39 is 0 Å². The number of rotatable bonds is 5. The molecule has 0 aliphatic carbocycles. The van der Waals surface area contributed by atoms with E-state index in [-0.39, 0.29) is 6.61 Å². The SMILES string of the molecule is COc1ccc(CCO)cc1OC1CCSCC1. The zero-order valence-corrected chi connectivity index (χ0v) is 11.5. The van der Waals surface area contributed by atoms with Crippen molar-refractivity contribution < 1.29 is 14.6 Å². The second-order valence-electron chi connectivity index (χ2n) is 4.39. The molecule has 4 heteroatoms. The summed E-state index contributed by atoms with van der Waals surface area (Å²) in [5.41, 5.74) is 1.08. The average Bonchev–Trinajstić information content (AvgIpc) is 2.41. The van der Waals surface area contributed by atoms with Crippen LogP contribution in [-0.4, -0.2) is 36.4 Å². The summed E-state index contributed by atoms with van der Waals surface area (Å²) in [6.07, 6.45) is 3.14. The van der Waals surface area contributed by atoms with Crippen molar-refractivity contribution in [1.82, 2.24) is 0 Å². The van der Waals surface area contributed by atoms with Crippen LogP contribution in [0.5, 0.6) is 11.5 Å². The Morgan fingerprint density at radius 2 is 2.06 bits per heavy atom. The Hall–Kier alpha value is -0.870. The summed E-state index contributed by atoms with van der Waals surface area (Å²) in [7, 11) is 1.66. The fourth-order valence-corrected chi connectivity index (χ4v) is 3.13. The van der Waals surface area contributed by atoms with Gasteiger partial charge in [-0.05, 0) is 48.5 Å². The van der Waals surface area contributed by atoms with Crippen molar-refractivity contribution in [2.75, 3.05) is 25.2 Å². The standard InChI is InChI=1S/C14H20O3S/c1-16-13-3-2-11(4-7-15)10-14(13)17-12-5-8-18-9-6-12/h2-3,10,12,15H,4-9H2,1H3. The molecule has 0 aromatic heterocycles. The number of hydrogen-bond acceptors (Lipinski definition) is 4. The first-order valence-electron chi connectivity index (χ1n) is 6.35. The Balaban J connectivity index is 2.09. The van der Waals surface area contributed by atoms with E-state index in [1.807, 2.05) is 30.0 Å². The van der Waals surface area contributed by atoms with E-state index in [1.165, 1.54) is 11.5 Å². The van der Waals surface area contributed by atoms with Gasteiger partial charge in [0.25, 0.3) is 0 Å². The molecule has 0 spiro atoms. The van der Waals surface area contributed by atoms with Gasteiger partial charge in [-0.15, -0.1) is 0 Å². The predicted molar refractivity (Wildman–Crippen MR) is 74.8 cm³/mol. The largest absolute Gasteiger partial charge is 0.493 e. The van der Waals surface area contributed by atoms with E-state index >= 15 is 0 Å². The van der Waals surface area contributed by atoms with E-state index in [1.54, 1.807) is 7.11 Å². The molecule has 0 unspecified atom stereocenters. The molecular weight excluding hydrogens is 248 g/mol. The van der Waals surface area contributed by atoms with Crippen LogP contribution in [0.25, 0.3) is 0 Å². The molecule has 0 atom stereocenters. The van der Waals surface area contributed by atoms with Crippen molar-refractivity contribution in [3.63, 3.8) is 0 Å². The molecule has 100 valence electrons. The minimum absolute atomic E-state index is 0.159. The van der Waals surface area contributed by atoms with Crippen LogP contribution in [0.1, 0.15) is 18.4 Å². The Kier molecular flexibility index (Phi) is 5.20. The number of ether oxygens (including phenoxy) is 2. The zero-order valence-electron chi connectivity index (χ0n) is 10.7. The molecule has 1 fully saturated rings. The highest BCUT2D eigenvalue weighted by Crippen LogP contribution is 2.31. The third-order valence-electron chi connectivity index (χ3n) is 3.09. The normalized spacial score (nSPS) is 16.6. The van der Waals surface area contributed by atoms with Crippen molar-refractivity contribution in [2.45, 2.75) is 25.4 Å². The Labute approximate surface area is 112 Å². The summed E-state index contributed by atoms with van der Waals surface area (Å²) in [5, 5.41) is 8.98. The van der Waals surface area contributed by atoms with Crippen molar-refractivity contribution >= 4 is 11.8 Å². The van der Waals surface area contributed by atoms with Crippen LogP contribution >= 0.6 is 11.8 Å². The Bertz CT molecular complexity index is 375. The monoisotopic (exact) mass is 268 g/mol. The summed E-state index contributed by atoms with van der Waals surface area (Å²) in [5.74, 6) is 3.92. The van der Waals surface area contributed by atoms with Crippen LogP contribution in [0.4, 0.5) is 0 Å². The van der Waals surface area contributed by atoms with Gasteiger partial charge in [-0.2, -0.15) is 11.8 Å². The number of hydrogen-bond donors (Lipinski definition) is 1. The molecule has 1 saturated heterocycles. The molecule has 1 aliphatic rings. The third kappa shape index (κ3) is 3.56. The number of thioether (sulfide) groups is 1. The molecule has 1 N–H and O–H groups in total. The highest BCUT2D eigenvalue weighted by Gasteiger charge is 2.17. The van der Waals surface area contributed by atoms with Gasteiger partial charge in [0.05, 0.1) is 7.11 Å². The maximum Gasteiger partial charge on any atom is 0.161 e. The van der Waals surface area contributed by atoms with E-state index in [0.717, 1.165) is 29.9 Å². The van der Waals surface area contributed by atoms with Gasteiger partial charge in [0.1, 0.15) is 6.10 Å². The number of aliphatic hydroxyl groups is 1. The fraction of sp³-hybridized carbons (Fsp3) is 0.571. The topological polar surface area (TPSA) is 38.7 Å². The lowest BCUT2D eigenvalue weighted by molar-refractivity contribution is 0.184. The van der Waals surface area contributed by atoms with Gasteiger partial charge in [-0.3, -0.25) is 0 Å². The first-order valence-corrected chi connectivity index (χ1v) is 7.51. The second kappa shape index (κ2) is 6.90. The van der Waals surface area contributed by atoms with Crippen LogP contribution in [-0.2, 0) is 6.42 Å². The Morgan fingerprint density at radius 3 is 2.72 bits per heavy atom. The summed E-state index contributed by atoms with van der Waals surface area (Å²) < 4.78 is 11.4. The molecule has 0 radical (unpaired) electrons. The third-order valence-corrected chi connectivity index (χ3v) is 4.14. The molecular formula is C14H20O3S. The van der Waals surface area contributed by atoms with Gasteiger partial charge >= 0.3 is 0 Å². The summed E-state index contributed by atoms with van der Waals surface area (Å²) in [4.78, 5) is 0. The van der Waals surface area contributed by atoms with Crippen LogP contribution < -0.4 is 9.47 Å². The summed E-state index contributed by atoms with van der Waals surface area (Å²) >= 11 is 1.99.